The zero-order valence-corrected chi connectivity index (χ0v) is 11.3. The van der Waals surface area contributed by atoms with Crippen LogP contribution >= 0.6 is 0 Å². The van der Waals surface area contributed by atoms with Crippen molar-refractivity contribution in [1.29, 1.82) is 0 Å². The van der Waals surface area contributed by atoms with Crippen molar-refractivity contribution in [2.75, 3.05) is 32.7 Å². The molecule has 4 aliphatic heterocycles. The molecule has 1 amide bonds. The molecule has 4 fully saturated rings. The molecular weight excluding hydrogens is 240 g/mol. The minimum absolute atomic E-state index is 0.218. The molecule has 102 valence electrons. The van der Waals surface area contributed by atoms with E-state index in [1.165, 1.54) is 32.4 Å². The topological polar surface area (TPSA) is 33.5 Å². The van der Waals surface area contributed by atoms with Crippen LogP contribution in [0.15, 0.2) is 22.8 Å². The van der Waals surface area contributed by atoms with Gasteiger partial charge in [0, 0.05) is 12.3 Å². The molecule has 4 saturated heterocycles. The van der Waals surface area contributed by atoms with Crippen LogP contribution in [0, 0.1) is 5.92 Å². The van der Waals surface area contributed by atoms with Gasteiger partial charge in [0.2, 0.25) is 5.76 Å². The Balaban J connectivity index is 1.65. The normalized spacial score (nSPS) is 35.9. The smallest absolute Gasteiger partial charge is 0.381 e. The molecule has 2 bridgehead atoms. The van der Waals surface area contributed by atoms with Gasteiger partial charge in [0.15, 0.2) is 0 Å². The van der Waals surface area contributed by atoms with Gasteiger partial charge in [-0.1, -0.05) is 0 Å². The predicted molar refractivity (Wildman–Crippen MR) is 70.6 cm³/mol. The summed E-state index contributed by atoms with van der Waals surface area (Å²) in [6.45, 7) is 5.59. The summed E-state index contributed by atoms with van der Waals surface area (Å²) in [7, 11) is 0. The second-order valence-corrected chi connectivity index (χ2v) is 6.32. The first kappa shape index (κ1) is 11.7. The van der Waals surface area contributed by atoms with E-state index in [2.05, 4.69) is 4.90 Å². The summed E-state index contributed by atoms with van der Waals surface area (Å²) in [5.74, 6) is 1.51. The van der Waals surface area contributed by atoms with E-state index < -0.39 is 0 Å². The van der Waals surface area contributed by atoms with Crippen molar-refractivity contribution in [3.63, 3.8) is 0 Å². The molecule has 4 nitrogen and oxygen atoms in total. The molecule has 5 rings (SSSR count). The highest BCUT2D eigenvalue weighted by atomic mass is 16.3. The lowest BCUT2D eigenvalue weighted by molar-refractivity contribution is -0.917. The summed E-state index contributed by atoms with van der Waals surface area (Å²) >= 11 is 0. The van der Waals surface area contributed by atoms with Gasteiger partial charge in [0.1, 0.15) is 6.04 Å². The highest BCUT2D eigenvalue weighted by Gasteiger charge is 2.56. The zero-order valence-electron chi connectivity index (χ0n) is 11.3. The van der Waals surface area contributed by atoms with Gasteiger partial charge in [-0.05, 0) is 38.1 Å². The molecule has 1 aromatic heterocycles. The Morgan fingerprint density at radius 1 is 1.32 bits per heavy atom. The van der Waals surface area contributed by atoms with Gasteiger partial charge < -0.3 is 4.42 Å². The number of likely N-dealkylation sites (tertiary alicyclic amines) is 1. The summed E-state index contributed by atoms with van der Waals surface area (Å²) in [5.41, 5.74) is 0. The summed E-state index contributed by atoms with van der Waals surface area (Å²) in [6.07, 6.45) is 5.34. The summed E-state index contributed by atoms with van der Waals surface area (Å²) in [5, 5.41) is 0. The highest BCUT2D eigenvalue weighted by molar-refractivity contribution is 5.86. The second kappa shape index (κ2) is 4.18. The third-order valence-corrected chi connectivity index (χ3v) is 5.51. The van der Waals surface area contributed by atoms with E-state index in [9.17, 15) is 4.79 Å². The molecule has 1 atom stereocenters. The molecule has 5 heterocycles. The van der Waals surface area contributed by atoms with Gasteiger partial charge in [0.25, 0.3) is 0 Å². The molecule has 4 aliphatic rings. The number of quaternary nitrogens is 1. The summed E-state index contributed by atoms with van der Waals surface area (Å²) in [4.78, 5) is 15.4. The number of carbonyl (C=O) groups is 1. The molecule has 19 heavy (non-hydrogen) atoms. The van der Waals surface area contributed by atoms with Gasteiger partial charge in [-0.25, -0.2) is 9.28 Å². The molecule has 0 radical (unpaired) electrons. The average Bonchev–Trinajstić information content (AvgIpc) is 2.92. The summed E-state index contributed by atoms with van der Waals surface area (Å²) < 4.78 is 6.03. The maximum absolute atomic E-state index is 12.8. The van der Waals surface area contributed by atoms with E-state index in [0.717, 1.165) is 25.6 Å². The Morgan fingerprint density at radius 3 is 2.58 bits per heavy atom. The molecule has 1 aromatic rings. The lowest BCUT2D eigenvalue weighted by Crippen LogP contribution is -2.73. The van der Waals surface area contributed by atoms with Crippen LogP contribution in [0.25, 0.3) is 0 Å². The Morgan fingerprint density at radius 2 is 2.11 bits per heavy atom. The van der Waals surface area contributed by atoms with Crippen LogP contribution in [-0.2, 0) is 0 Å². The van der Waals surface area contributed by atoms with Gasteiger partial charge in [-0.3, -0.25) is 4.90 Å². The largest absolute Gasteiger partial charge is 0.455 e. The predicted octanol–water partition coefficient (Wildman–Crippen LogP) is 1.73. The van der Waals surface area contributed by atoms with Crippen molar-refractivity contribution >= 4 is 5.91 Å². The molecule has 0 saturated carbocycles. The van der Waals surface area contributed by atoms with Crippen LogP contribution in [0.1, 0.15) is 29.8 Å². The average molecular weight is 261 g/mol. The first-order valence-corrected chi connectivity index (χ1v) is 7.47. The number of hydrogen-bond donors (Lipinski definition) is 0. The maximum Gasteiger partial charge on any atom is 0.381 e. The van der Waals surface area contributed by atoms with Crippen molar-refractivity contribution in [3.8, 4) is 0 Å². The maximum atomic E-state index is 12.8. The number of amides is 1. The van der Waals surface area contributed by atoms with Gasteiger partial charge in [-0.15, -0.1) is 0 Å². The Hall–Kier alpha value is -1.13. The fraction of sp³-hybridized carbons (Fsp3) is 0.667. The number of furan rings is 1. The Kier molecular flexibility index (Phi) is 2.57. The Bertz CT molecular complexity index is 470. The van der Waals surface area contributed by atoms with Crippen LogP contribution < -0.4 is 0 Å². The van der Waals surface area contributed by atoms with E-state index in [0.29, 0.717) is 16.3 Å². The number of carbonyl (C=O) groups excluding carboxylic acids is 1. The number of nitrogens with zero attached hydrogens (tertiary/aromatic N) is 2. The van der Waals surface area contributed by atoms with E-state index in [-0.39, 0.29) is 5.91 Å². The fourth-order valence-electron chi connectivity index (χ4n) is 4.30. The summed E-state index contributed by atoms with van der Waals surface area (Å²) in [6, 6.07) is 4.15. The lowest BCUT2D eigenvalue weighted by Gasteiger charge is -2.56. The number of piperidine rings is 3. The number of rotatable bonds is 2. The number of fused-ring (bicyclic) bond motifs is 3. The second-order valence-electron chi connectivity index (χ2n) is 6.32. The van der Waals surface area contributed by atoms with Gasteiger partial charge >= 0.3 is 5.91 Å². The van der Waals surface area contributed by atoms with Gasteiger partial charge in [-0.2, -0.15) is 0 Å². The molecule has 0 aromatic carbocycles. The van der Waals surface area contributed by atoms with Crippen LogP contribution in [0.2, 0.25) is 0 Å². The van der Waals surface area contributed by atoms with E-state index >= 15 is 0 Å². The fourth-order valence-corrected chi connectivity index (χ4v) is 4.30. The molecule has 0 unspecified atom stereocenters. The van der Waals surface area contributed by atoms with E-state index in [1.54, 1.807) is 6.26 Å². The third kappa shape index (κ3) is 1.63. The molecule has 4 heteroatoms. The third-order valence-electron chi connectivity index (χ3n) is 5.51. The van der Waals surface area contributed by atoms with Crippen LogP contribution in [0.5, 0.6) is 0 Å². The van der Waals surface area contributed by atoms with Crippen LogP contribution in [0.4, 0.5) is 0 Å². The quantitative estimate of drug-likeness (QED) is 0.760. The lowest BCUT2D eigenvalue weighted by atomic mass is 9.80. The first-order chi connectivity index (χ1) is 9.29. The molecule has 0 spiro atoms. The van der Waals surface area contributed by atoms with Crippen molar-refractivity contribution in [1.82, 2.24) is 4.90 Å². The van der Waals surface area contributed by atoms with E-state index in [4.69, 9.17) is 4.42 Å². The molecular formula is C15H21N2O2+. The highest BCUT2D eigenvalue weighted by Crippen LogP contribution is 2.39. The van der Waals surface area contributed by atoms with Crippen LogP contribution in [-0.4, -0.2) is 54.1 Å². The minimum atomic E-state index is 0.218. The Labute approximate surface area is 113 Å². The minimum Gasteiger partial charge on any atom is -0.455 e. The van der Waals surface area contributed by atoms with Crippen molar-refractivity contribution < 1.29 is 13.7 Å². The van der Waals surface area contributed by atoms with Gasteiger partial charge in [0.05, 0.1) is 25.9 Å². The SMILES string of the molecule is O=C(c1ccco1)[N+]1([C@H]2CN3CCC2CC3)CCC1. The number of hydrogen-bond acceptors (Lipinski definition) is 3. The van der Waals surface area contributed by atoms with Crippen molar-refractivity contribution in [2.24, 2.45) is 5.92 Å². The molecule has 0 N–H and O–H groups in total. The zero-order chi connectivity index (χ0) is 12.9. The van der Waals surface area contributed by atoms with E-state index in [1.807, 2.05) is 12.1 Å². The monoisotopic (exact) mass is 261 g/mol. The van der Waals surface area contributed by atoms with Crippen molar-refractivity contribution in [2.45, 2.75) is 25.3 Å². The van der Waals surface area contributed by atoms with Crippen molar-refractivity contribution in [3.05, 3.63) is 24.2 Å². The molecule has 0 aliphatic carbocycles. The standard InChI is InChI=1S/C15H21N2O2/c18-15(14-3-1-10-19-14)17(8-2-9-17)13-11-16-6-4-12(13)5-7-16/h1,3,10,12-13H,2,4-9,11H2/q+1/t13-/m0/s1. The first-order valence-electron chi connectivity index (χ1n) is 7.47. The van der Waals surface area contributed by atoms with Crippen LogP contribution in [0.3, 0.4) is 0 Å².